The molecule has 1 aromatic heterocycles. The number of benzene rings is 1. The molecule has 2 heterocycles. The van der Waals surface area contributed by atoms with Crippen molar-refractivity contribution in [2.75, 3.05) is 17.3 Å². The van der Waals surface area contributed by atoms with E-state index >= 15 is 0 Å². The Morgan fingerprint density at radius 1 is 1.16 bits per heavy atom. The summed E-state index contributed by atoms with van der Waals surface area (Å²) in [5, 5.41) is 6.73. The van der Waals surface area contributed by atoms with Crippen molar-refractivity contribution in [3.05, 3.63) is 41.5 Å². The summed E-state index contributed by atoms with van der Waals surface area (Å²) in [7, 11) is 1.60. The van der Waals surface area contributed by atoms with Crippen molar-refractivity contribution in [1.82, 2.24) is 15.3 Å². The first-order valence-corrected chi connectivity index (χ1v) is 8.59. The fourth-order valence-corrected chi connectivity index (χ4v) is 3.10. The molecule has 0 bridgehead atoms. The lowest BCUT2D eigenvalue weighted by Crippen LogP contribution is -2.43. The molecule has 3 rings (SSSR count). The second kappa shape index (κ2) is 6.84. The number of nitrogens with one attached hydrogen (secondary N) is 2. The van der Waals surface area contributed by atoms with E-state index < -0.39 is 0 Å². The molecule has 2 aromatic rings. The minimum absolute atomic E-state index is 0.137. The lowest BCUT2D eigenvalue weighted by atomic mass is 10.1. The highest BCUT2D eigenvalue weighted by molar-refractivity contribution is 7.80. The summed E-state index contributed by atoms with van der Waals surface area (Å²) in [6, 6.07) is 10.3. The van der Waals surface area contributed by atoms with Gasteiger partial charge in [0.1, 0.15) is 5.82 Å². The van der Waals surface area contributed by atoms with Gasteiger partial charge in [0.2, 0.25) is 11.8 Å². The molecule has 25 heavy (non-hydrogen) atoms. The van der Waals surface area contributed by atoms with E-state index in [0.29, 0.717) is 16.9 Å². The summed E-state index contributed by atoms with van der Waals surface area (Å²) in [5.74, 6) is 1.73. The van der Waals surface area contributed by atoms with Gasteiger partial charge in [0.25, 0.3) is 0 Å². The van der Waals surface area contributed by atoms with E-state index in [2.05, 4.69) is 49.8 Å². The summed E-state index contributed by atoms with van der Waals surface area (Å²) in [6.45, 7) is 7.77. The zero-order valence-electron chi connectivity index (χ0n) is 15.0. The summed E-state index contributed by atoms with van der Waals surface area (Å²) >= 11 is 5.34. The number of ether oxygens (including phenoxy) is 1. The molecule has 6 nitrogen and oxygen atoms in total. The quantitative estimate of drug-likeness (QED) is 0.819. The first-order chi connectivity index (χ1) is 11.8. The molecule has 0 fully saturated rings. The summed E-state index contributed by atoms with van der Waals surface area (Å²) in [4.78, 5) is 11.2. The van der Waals surface area contributed by atoms with Gasteiger partial charge in [-0.2, -0.15) is 9.97 Å². The second-order valence-corrected chi connectivity index (χ2v) is 7.45. The molecule has 0 radical (unpaired) electrons. The van der Waals surface area contributed by atoms with Gasteiger partial charge in [-0.3, -0.25) is 0 Å². The van der Waals surface area contributed by atoms with Crippen LogP contribution in [-0.4, -0.2) is 27.7 Å². The Bertz CT molecular complexity index is 762. The van der Waals surface area contributed by atoms with Crippen molar-refractivity contribution in [2.45, 2.75) is 39.4 Å². The van der Waals surface area contributed by atoms with Crippen LogP contribution in [0.4, 0.5) is 11.8 Å². The SMILES string of the molecule is COc1cc(N2Cc3ccccc3C2)nc(NC(=S)NC(C)(C)C)n1. The molecule has 0 unspecified atom stereocenters. The maximum Gasteiger partial charge on any atom is 0.234 e. The number of thiocarbonyl (C=S) groups is 1. The largest absolute Gasteiger partial charge is 0.481 e. The van der Waals surface area contributed by atoms with E-state index in [4.69, 9.17) is 17.0 Å². The monoisotopic (exact) mass is 357 g/mol. The average Bonchev–Trinajstić information content (AvgIpc) is 2.96. The van der Waals surface area contributed by atoms with Crippen molar-refractivity contribution in [2.24, 2.45) is 0 Å². The maximum absolute atomic E-state index is 5.34. The predicted molar refractivity (Wildman–Crippen MR) is 104 cm³/mol. The molecule has 0 aliphatic carbocycles. The van der Waals surface area contributed by atoms with Crippen molar-refractivity contribution in [1.29, 1.82) is 0 Å². The highest BCUT2D eigenvalue weighted by Gasteiger charge is 2.21. The van der Waals surface area contributed by atoms with Crippen LogP contribution >= 0.6 is 12.2 Å². The zero-order valence-corrected chi connectivity index (χ0v) is 15.8. The van der Waals surface area contributed by atoms with Crippen LogP contribution in [0.1, 0.15) is 31.9 Å². The lowest BCUT2D eigenvalue weighted by molar-refractivity contribution is 0.397. The highest BCUT2D eigenvalue weighted by Crippen LogP contribution is 2.29. The van der Waals surface area contributed by atoms with Gasteiger partial charge in [-0.25, -0.2) is 0 Å². The second-order valence-electron chi connectivity index (χ2n) is 7.05. The van der Waals surface area contributed by atoms with E-state index in [1.54, 1.807) is 7.11 Å². The molecule has 0 saturated carbocycles. The van der Waals surface area contributed by atoms with E-state index in [1.165, 1.54) is 11.1 Å². The number of fused-ring (bicyclic) bond motifs is 1. The fourth-order valence-electron chi connectivity index (χ4n) is 2.70. The van der Waals surface area contributed by atoms with Gasteiger partial charge in [0.15, 0.2) is 5.11 Å². The van der Waals surface area contributed by atoms with E-state index in [0.717, 1.165) is 18.9 Å². The smallest absolute Gasteiger partial charge is 0.234 e. The van der Waals surface area contributed by atoms with Crippen molar-refractivity contribution < 1.29 is 4.74 Å². The number of hydrogen-bond donors (Lipinski definition) is 2. The molecule has 1 aliphatic heterocycles. The Hall–Kier alpha value is -2.41. The third-order valence-electron chi connectivity index (χ3n) is 3.78. The first kappa shape index (κ1) is 17.4. The Balaban J connectivity index is 1.80. The van der Waals surface area contributed by atoms with Gasteiger partial charge in [-0.05, 0) is 44.1 Å². The van der Waals surface area contributed by atoms with Crippen LogP contribution in [0, 0.1) is 0 Å². The Labute approximate surface area is 153 Å². The Morgan fingerprint density at radius 2 is 1.80 bits per heavy atom. The number of nitrogens with zero attached hydrogens (tertiary/aromatic N) is 3. The minimum Gasteiger partial charge on any atom is -0.481 e. The molecule has 1 aliphatic rings. The third kappa shape index (κ3) is 4.36. The standard InChI is InChI=1S/C18H23N5OS/c1-18(2,3)22-17(25)21-16-19-14(9-15(20-16)24-4)23-10-12-7-5-6-8-13(12)11-23/h5-9H,10-11H2,1-4H3,(H2,19,20,21,22,25). The fraction of sp³-hybridized carbons (Fsp3) is 0.389. The van der Waals surface area contributed by atoms with Gasteiger partial charge in [-0.15, -0.1) is 0 Å². The van der Waals surface area contributed by atoms with E-state index in [1.807, 2.05) is 26.8 Å². The van der Waals surface area contributed by atoms with Crippen molar-refractivity contribution in [3.8, 4) is 5.88 Å². The van der Waals surface area contributed by atoms with Gasteiger partial charge < -0.3 is 20.3 Å². The number of methoxy groups -OCH3 is 1. The molecule has 7 heteroatoms. The minimum atomic E-state index is -0.137. The summed E-state index contributed by atoms with van der Waals surface area (Å²) in [6.07, 6.45) is 0. The molecule has 0 amide bonds. The Kier molecular flexibility index (Phi) is 4.76. The molecule has 0 spiro atoms. The number of rotatable bonds is 3. The molecule has 1 aromatic carbocycles. The van der Waals surface area contributed by atoms with E-state index in [-0.39, 0.29) is 5.54 Å². The van der Waals surface area contributed by atoms with Crippen molar-refractivity contribution in [3.63, 3.8) is 0 Å². The number of anilines is 2. The third-order valence-corrected chi connectivity index (χ3v) is 3.98. The topological polar surface area (TPSA) is 62.3 Å². The number of hydrogen-bond acceptors (Lipinski definition) is 5. The normalized spacial score (nSPS) is 13.4. The van der Waals surface area contributed by atoms with Crippen LogP contribution in [0.5, 0.6) is 5.88 Å². The van der Waals surface area contributed by atoms with E-state index in [9.17, 15) is 0 Å². The van der Waals surface area contributed by atoms with Crippen LogP contribution in [0.15, 0.2) is 30.3 Å². The average molecular weight is 357 g/mol. The Morgan fingerprint density at radius 3 is 2.36 bits per heavy atom. The van der Waals surface area contributed by atoms with Gasteiger partial charge in [-0.1, -0.05) is 24.3 Å². The first-order valence-electron chi connectivity index (χ1n) is 8.18. The highest BCUT2D eigenvalue weighted by atomic mass is 32.1. The van der Waals surface area contributed by atoms with Gasteiger partial charge in [0.05, 0.1) is 7.11 Å². The van der Waals surface area contributed by atoms with Crippen LogP contribution in [0.2, 0.25) is 0 Å². The lowest BCUT2D eigenvalue weighted by Gasteiger charge is -2.23. The molecule has 2 N–H and O–H groups in total. The molecule has 0 atom stereocenters. The molecular formula is C18H23N5OS. The summed E-state index contributed by atoms with van der Waals surface area (Å²) in [5.41, 5.74) is 2.50. The molecule has 0 saturated heterocycles. The van der Waals surface area contributed by atoms with Gasteiger partial charge >= 0.3 is 0 Å². The van der Waals surface area contributed by atoms with Crippen LogP contribution in [0.3, 0.4) is 0 Å². The predicted octanol–water partition coefficient (Wildman–Crippen LogP) is 3.09. The zero-order chi connectivity index (χ0) is 18.0. The summed E-state index contributed by atoms with van der Waals surface area (Å²) < 4.78 is 5.33. The van der Waals surface area contributed by atoms with Crippen molar-refractivity contribution >= 4 is 29.1 Å². The number of aromatic nitrogens is 2. The van der Waals surface area contributed by atoms with Crippen LogP contribution in [-0.2, 0) is 13.1 Å². The van der Waals surface area contributed by atoms with Crippen LogP contribution in [0.25, 0.3) is 0 Å². The molecular weight excluding hydrogens is 334 g/mol. The molecule has 132 valence electrons. The van der Waals surface area contributed by atoms with Gasteiger partial charge in [0, 0.05) is 24.7 Å². The van der Waals surface area contributed by atoms with Crippen LogP contribution < -0.4 is 20.3 Å². The maximum atomic E-state index is 5.34.